The Bertz CT molecular complexity index is 3770. The van der Waals surface area contributed by atoms with E-state index < -0.39 is 5.41 Å². The van der Waals surface area contributed by atoms with Gasteiger partial charge in [0.2, 0.25) is 0 Å². The maximum atomic E-state index is 2.57. The molecule has 0 saturated heterocycles. The molecule has 0 bridgehead atoms. The van der Waals surface area contributed by atoms with E-state index in [1.807, 2.05) is 0 Å². The summed E-state index contributed by atoms with van der Waals surface area (Å²) in [5, 5.41) is 7.86. The van der Waals surface area contributed by atoms with Crippen LogP contribution in [-0.4, -0.2) is 0 Å². The summed E-state index contributed by atoms with van der Waals surface area (Å²) < 4.78 is 0. The van der Waals surface area contributed by atoms with Crippen LogP contribution >= 0.6 is 0 Å². The van der Waals surface area contributed by atoms with E-state index in [4.69, 9.17) is 0 Å². The van der Waals surface area contributed by atoms with Crippen LogP contribution in [0.3, 0.4) is 0 Å². The van der Waals surface area contributed by atoms with Gasteiger partial charge < -0.3 is 4.90 Å². The Morgan fingerprint density at radius 1 is 0.292 bits per heavy atom. The lowest BCUT2D eigenvalue weighted by atomic mass is 9.70. The van der Waals surface area contributed by atoms with Crippen molar-refractivity contribution >= 4 is 49.4 Å². The quantitative estimate of drug-likeness (QED) is 0.160. The number of rotatable bonds is 4. The van der Waals surface area contributed by atoms with Gasteiger partial charge in [0.25, 0.3) is 0 Å². The molecule has 14 rings (SSSR count). The second kappa shape index (κ2) is 13.3. The van der Waals surface area contributed by atoms with Gasteiger partial charge in [-0.25, -0.2) is 0 Å². The van der Waals surface area contributed by atoms with Crippen LogP contribution in [0.4, 0.5) is 17.1 Å². The minimum Gasteiger partial charge on any atom is -0.309 e. The Hall–Kier alpha value is -8.00. The van der Waals surface area contributed by atoms with Gasteiger partial charge in [0.1, 0.15) is 0 Å². The average molecular weight is 826 g/mol. The number of hydrogen-bond donors (Lipinski definition) is 0. The van der Waals surface area contributed by atoms with Crippen LogP contribution in [0.5, 0.6) is 0 Å². The largest absolute Gasteiger partial charge is 0.309 e. The Labute approximate surface area is 379 Å². The average Bonchev–Trinajstić information content (AvgIpc) is 3.92. The molecule has 0 aromatic heterocycles. The molecule has 3 aliphatic carbocycles. The van der Waals surface area contributed by atoms with E-state index in [0.717, 1.165) is 11.4 Å². The van der Waals surface area contributed by atoms with Crippen LogP contribution < -0.4 is 4.90 Å². The van der Waals surface area contributed by atoms with Crippen LogP contribution in [0.1, 0.15) is 47.2 Å². The van der Waals surface area contributed by atoms with Crippen LogP contribution in [-0.2, 0) is 10.8 Å². The lowest BCUT2D eigenvalue weighted by Crippen LogP contribution is -2.26. The van der Waals surface area contributed by atoms with Gasteiger partial charge in [0.05, 0.1) is 16.8 Å². The molecule has 0 saturated carbocycles. The van der Waals surface area contributed by atoms with Crippen molar-refractivity contribution in [2.24, 2.45) is 0 Å². The fourth-order valence-electron chi connectivity index (χ4n) is 12.5. The molecule has 1 spiro atoms. The van der Waals surface area contributed by atoms with Crippen LogP contribution in [0.15, 0.2) is 224 Å². The Kier molecular flexibility index (Phi) is 7.45. The van der Waals surface area contributed by atoms with E-state index >= 15 is 0 Å². The molecule has 0 amide bonds. The minimum atomic E-state index is -0.447. The molecule has 11 aromatic carbocycles. The van der Waals surface area contributed by atoms with Crippen LogP contribution in [0.25, 0.3) is 76.8 Å². The molecule has 1 nitrogen and oxygen atoms in total. The molecule has 0 N–H and O–H groups in total. The lowest BCUT2D eigenvalue weighted by Gasteiger charge is -2.33. The van der Waals surface area contributed by atoms with Gasteiger partial charge >= 0.3 is 0 Å². The minimum absolute atomic E-state index is 0.251. The van der Waals surface area contributed by atoms with Crippen LogP contribution in [0, 0.1) is 0 Å². The first-order valence-electron chi connectivity index (χ1n) is 22.9. The topological polar surface area (TPSA) is 3.24 Å². The number of nitrogens with zero attached hydrogens (tertiary/aromatic N) is 1. The van der Waals surface area contributed by atoms with Crippen LogP contribution in [0.2, 0.25) is 0 Å². The zero-order valence-electron chi connectivity index (χ0n) is 36.3. The van der Waals surface area contributed by atoms with E-state index in [9.17, 15) is 0 Å². The van der Waals surface area contributed by atoms with Gasteiger partial charge in [-0.15, -0.1) is 0 Å². The molecule has 0 atom stereocenters. The summed E-state index contributed by atoms with van der Waals surface area (Å²) in [6, 6.07) is 84.5. The van der Waals surface area contributed by atoms with Crippen molar-refractivity contribution in [3.63, 3.8) is 0 Å². The molecular weight excluding hydrogens is 783 g/mol. The zero-order valence-corrected chi connectivity index (χ0v) is 36.3. The maximum absolute atomic E-state index is 2.57. The maximum Gasteiger partial charge on any atom is 0.0726 e. The summed E-state index contributed by atoms with van der Waals surface area (Å²) in [4.78, 5) is 2.57. The van der Waals surface area contributed by atoms with Crippen molar-refractivity contribution in [3.8, 4) is 44.5 Å². The number of hydrogen-bond acceptors (Lipinski definition) is 1. The van der Waals surface area contributed by atoms with Gasteiger partial charge in [-0.05, 0) is 135 Å². The molecule has 0 fully saturated rings. The highest BCUT2D eigenvalue weighted by Gasteiger charge is 2.52. The number of para-hydroxylation sites is 1. The van der Waals surface area contributed by atoms with Gasteiger partial charge in [-0.1, -0.05) is 202 Å². The predicted molar refractivity (Wildman–Crippen MR) is 273 cm³/mol. The first-order valence-corrected chi connectivity index (χ1v) is 22.9. The zero-order chi connectivity index (χ0) is 43.0. The summed E-state index contributed by atoms with van der Waals surface area (Å²) in [6.45, 7) is 4.85. The molecule has 0 unspecified atom stereocenters. The molecular formula is C64H43N. The Balaban J connectivity index is 1.04. The van der Waals surface area contributed by atoms with Gasteiger partial charge in [-0.3, -0.25) is 0 Å². The monoisotopic (exact) mass is 825 g/mol. The van der Waals surface area contributed by atoms with E-state index in [1.54, 1.807) is 0 Å². The van der Waals surface area contributed by atoms with Crippen molar-refractivity contribution in [3.05, 3.63) is 258 Å². The van der Waals surface area contributed by atoms with E-state index in [1.165, 1.54) is 116 Å². The van der Waals surface area contributed by atoms with Crippen molar-refractivity contribution in [1.29, 1.82) is 0 Å². The number of anilines is 3. The van der Waals surface area contributed by atoms with Gasteiger partial charge in [-0.2, -0.15) is 0 Å². The van der Waals surface area contributed by atoms with Crippen molar-refractivity contribution in [2.45, 2.75) is 24.7 Å². The van der Waals surface area contributed by atoms with Crippen molar-refractivity contribution in [1.82, 2.24) is 0 Å². The second-order valence-electron chi connectivity index (χ2n) is 18.7. The molecule has 65 heavy (non-hydrogen) atoms. The normalized spacial score (nSPS) is 14.2. The third kappa shape index (κ3) is 4.77. The third-order valence-electron chi connectivity index (χ3n) is 15.3. The van der Waals surface area contributed by atoms with Gasteiger partial charge in [0, 0.05) is 22.2 Å². The highest BCUT2D eigenvalue weighted by molar-refractivity contribution is 6.26. The number of benzene rings is 11. The molecule has 304 valence electrons. The Morgan fingerprint density at radius 3 is 1.42 bits per heavy atom. The fourth-order valence-corrected chi connectivity index (χ4v) is 12.5. The third-order valence-corrected chi connectivity index (χ3v) is 15.3. The molecule has 11 aromatic rings. The van der Waals surface area contributed by atoms with E-state index in [-0.39, 0.29) is 5.41 Å². The SMILES string of the molecule is CC1(C)c2cc(N(c3ccccc3-c3ccccc3)c3cccc4c3-c3ccccc3C43c4ccccc4-c4ccccc43)ccc2-c2cc3c4ccccc4c4ccccc4c3cc21. The fraction of sp³-hybridized carbons (Fsp3) is 0.0625. The van der Waals surface area contributed by atoms with Crippen molar-refractivity contribution < 1.29 is 0 Å². The van der Waals surface area contributed by atoms with Gasteiger partial charge in [0.15, 0.2) is 0 Å². The van der Waals surface area contributed by atoms with Crippen molar-refractivity contribution in [2.75, 3.05) is 4.90 Å². The summed E-state index contributed by atoms with van der Waals surface area (Å²) in [7, 11) is 0. The standard InChI is InChI=1S/C64H43N/c1-63(2)58-37-41(35-36-49(58)53-38-51-45-24-8-6-22-43(45)44-23-7-9-25-46(44)52(51)39-59(53)63)65(60-33-17-13-21-42(60)40-19-4-3-5-20-40)61-34-18-32-57-62(61)50-28-12-16-31-56(50)64(57)54-29-14-10-26-47(54)48-27-11-15-30-55(48)64/h3-39H,1-2H3. The summed E-state index contributed by atoms with van der Waals surface area (Å²) in [6.07, 6.45) is 0. The highest BCUT2D eigenvalue weighted by atomic mass is 15.1. The first kappa shape index (κ1) is 36.5. The van der Waals surface area contributed by atoms with E-state index in [2.05, 4.69) is 243 Å². The Morgan fingerprint density at radius 2 is 0.754 bits per heavy atom. The molecule has 0 heterocycles. The predicted octanol–water partition coefficient (Wildman–Crippen LogP) is 16.9. The summed E-state index contributed by atoms with van der Waals surface area (Å²) >= 11 is 0. The number of fused-ring (bicyclic) bond motifs is 19. The molecule has 0 radical (unpaired) electrons. The molecule has 0 aliphatic heterocycles. The summed E-state index contributed by atoms with van der Waals surface area (Å²) in [5.74, 6) is 0. The second-order valence-corrected chi connectivity index (χ2v) is 18.7. The first-order chi connectivity index (χ1) is 32.0. The smallest absolute Gasteiger partial charge is 0.0726 e. The highest BCUT2D eigenvalue weighted by Crippen LogP contribution is 2.65. The molecule has 1 heteroatoms. The molecule has 3 aliphatic rings. The lowest BCUT2D eigenvalue weighted by molar-refractivity contribution is 0.661. The van der Waals surface area contributed by atoms with E-state index in [0.29, 0.717) is 0 Å². The summed E-state index contributed by atoms with van der Waals surface area (Å²) in [5.41, 5.74) is 21.1.